The van der Waals surface area contributed by atoms with Crippen molar-refractivity contribution in [3.05, 3.63) is 126 Å². The molecule has 0 radical (unpaired) electrons. The number of alkyl halides is 3. The summed E-state index contributed by atoms with van der Waals surface area (Å²) in [6.45, 7) is 0. The molecule has 0 aliphatic carbocycles. The van der Waals surface area contributed by atoms with Gasteiger partial charge in [0.1, 0.15) is 0 Å². The molecule has 3 nitrogen and oxygen atoms in total. The molecule has 0 aliphatic heterocycles. The van der Waals surface area contributed by atoms with Gasteiger partial charge in [0, 0.05) is 34.9 Å². The lowest BCUT2D eigenvalue weighted by atomic mass is 9.96. The number of halogens is 5. The summed E-state index contributed by atoms with van der Waals surface area (Å²) in [6.07, 6.45) is 2.82. The first-order chi connectivity index (χ1) is 16.7. The molecule has 0 aliphatic rings. The average molecular weight is 480 g/mol. The number of pyridine rings is 1. The maximum atomic E-state index is 13.9. The summed E-state index contributed by atoms with van der Waals surface area (Å²) in [5.41, 5.74) is 0.599. The van der Waals surface area contributed by atoms with Gasteiger partial charge < -0.3 is 5.32 Å². The summed E-state index contributed by atoms with van der Waals surface area (Å²) in [7, 11) is 0. The quantitative estimate of drug-likeness (QED) is 0.187. The van der Waals surface area contributed by atoms with Crippen LogP contribution in [0.4, 0.5) is 27.6 Å². The summed E-state index contributed by atoms with van der Waals surface area (Å²) >= 11 is 0. The van der Waals surface area contributed by atoms with E-state index in [1.807, 2.05) is 6.07 Å². The lowest BCUT2D eigenvalue weighted by Gasteiger charge is -2.11. The third-order valence-electron chi connectivity index (χ3n) is 5.20. The highest BCUT2D eigenvalue weighted by Gasteiger charge is 2.30. The van der Waals surface area contributed by atoms with Crippen LogP contribution in [0.2, 0.25) is 0 Å². The Morgan fingerprint density at radius 3 is 2.34 bits per heavy atom. The first-order valence-electron chi connectivity index (χ1n) is 10.4. The smallest absolute Gasteiger partial charge is 0.322 e. The number of nitrogens with zero attached hydrogens (tertiary/aromatic N) is 1. The molecule has 4 aromatic rings. The van der Waals surface area contributed by atoms with Gasteiger partial charge >= 0.3 is 6.18 Å². The van der Waals surface area contributed by atoms with Gasteiger partial charge in [-0.25, -0.2) is 8.78 Å². The minimum Gasteiger partial charge on any atom is -0.322 e. The van der Waals surface area contributed by atoms with E-state index < -0.39 is 29.3 Å². The molecule has 0 atom stereocenters. The van der Waals surface area contributed by atoms with Gasteiger partial charge in [-0.3, -0.25) is 9.78 Å². The van der Waals surface area contributed by atoms with Crippen molar-refractivity contribution in [2.75, 3.05) is 5.32 Å². The Morgan fingerprint density at radius 2 is 1.63 bits per heavy atom. The van der Waals surface area contributed by atoms with Crippen molar-refractivity contribution in [2.24, 2.45) is 0 Å². The Kier molecular flexibility index (Phi) is 6.73. The van der Waals surface area contributed by atoms with Crippen LogP contribution in [0.25, 0.3) is 16.3 Å². The van der Waals surface area contributed by atoms with E-state index in [1.54, 1.807) is 30.6 Å². The number of benzene rings is 3. The second kappa shape index (κ2) is 9.89. The minimum atomic E-state index is -4.51. The van der Waals surface area contributed by atoms with E-state index in [2.05, 4.69) is 10.3 Å². The van der Waals surface area contributed by atoms with Crippen LogP contribution in [0.15, 0.2) is 97.4 Å². The number of allylic oxidation sites excluding steroid dienone is 2. The van der Waals surface area contributed by atoms with Gasteiger partial charge in [-0.15, -0.1) is 0 Å². The van der Waals surface area contributed by atoms with Crippen molar-refractivity contribution < 1.29 is 26.7 Å². The van der Waals surface area contributed by atoms with Crippen LogP contribution < -0.4 is 5.32 Å². The Morgan fingerprint density at radius 1 is 0.886 bits per heavy atom. The highest BCUT2D eigenvalue weighted by atomic mass is 19.4. The van der Waals surface area contributed by atoms with Crippen LogP contribution in [0.5, 0.6) is 0 Å². The van der Waals surface area contributed by atoms with Crippen LogP contribution >= 0.6 is 0 Å². The number of carbonyl (C=O) groups excluding carboxylic acids is 1. The molecule has 0 saturated heterocycles. The Bertz CT molecular complexity index is 1440. The van der Waals surface area contributed by atoms with Crippen LogP contribution in [-0.2, 0) is 11.0 Å². The third-order valence-corrected chi connectivity index (χ3v) is 5.20. The predicted octanol–water partition coefficient (Wildman–Crippen LogP) is 7.16. The van der Waals surface area contributed by atoms with Gasteiger partial charge in [0.2, 0.25) is 5.91 Å². The largest absolute Gasteiger partial charge is 0.416 e. The number of anilines is 1. The molecule has 0 saturated carbocycles. The molecule has 1 amide bonds. The maximum Gasteiger partial charge on any atom is 0.416 e. The van der Waals surface area contributed by atoms with E-state index in [0.717, 1.165) is 35.0 Å². The molecule has 8 heteroatoms. The molecule has 1 aromatic heterocycles. The van der Waals surface area contributed by atoms with E-state index in [4.69, 9.17) is 0 Å². The van der Waals surface area contributed by atoms with Gasteiger partial charge in [-0.2, -0.15) is 13.2 Å². The number of hydrogen-bond acceptors (Lipinski definition) is 2. The topological polar surface area (TPSA) is 42.0 Å². The van der Waals surface area contributed by atoms with Crippen LogP contribution in [0.1, 0.15) is 16.7 Å². The van der Waals surface area contributed by atoms with E-state index in [9.17, 15) is 26.7 Å². The number of fused-ring (bicyclic) bond motifs is 1. The van der Waals surface area contributed by atoms with E-state index in [-0.39, 0.29) is 5.56 Å². The molecular formula is C27H17F5N2O. The van der Waals surface area contributed by atoms with Gasteiger partial charge in [0.05, 0.1) is 5.56 Å². The molecule has 0 unspecified atom stereocenters. The average Bonchev–Trinajstić information content (AvgIpc) is 2.83. The van der Waals surface area contributed by atoms with Crippen molar-refractivity contribution in [3.63, 3.8) is 0 Å². The lowest BCUT2D eigenvalue weighted by molar-refractivity contribution is -0.137. The normalized spacial score (nSPS) is 12.3. The van der Waals surface area contributed by atoms with Gasteiger partial charge in [0.15, 0.2) is 11.6 Å². The molecule has 35 heavy (non-hydrogen) atoms. The molecule has 3 aromatic carbocycles. The SMILES string of the molecule is O=C(C=CC=C(c1ccc(C(F)(F)F)cc1)c1ccc(F)c(F)c1)Nc1cccc2cnccc12. The summed E-state index contributed by atoms with van der Waals surface area (Å²) in [5, 5.41) is 4.40. The monoisotopic (exact) mass is 480 g/mol. The summed E-state index contributed by atoms with van der Waals surface area (Å²) in [4.78, 5) is 16.5. The number of carbonyl (C=O) groups is 1. The van der Waals surface area contributed by atoms with E-state index >= 15 is 0 Å². The Balaban J connectivity index is 1.63. The number of aromatic nitrogens is 1. The predicted molar refractivity (Wildman–Crippen MR) is 124 cm³/mol. The molecule has 1 heterocycles. The zero-order chi connectivity index (χ0) is 25.0. The zero-order valence-corrected chi connectivity index (χ0v) is 18.0. The van der Waals surface area contributed by atoms with Gasteiger partial charge in [0.25, 0.3) is 0 Å². The number of amides is 1. The van der Waals surface area contributed by atoms with Crippen molar-refractivity contribution in [3.8, 4) is 0 Å². The van der Waals surface area contributed by atoms with Crippen molar-refractivity contribution in [1.82, 2.24) is 4.98 Å². The number of hydrogen-bond donors (Lipinski definition) is 1. The van der Waals surface area contributed by atoms with E-state index in [1.165, 1.54) is 36.4 Å². The minimum absolute atomic E-state index is 0.232. The molecular weight excluding hydrogens is 463 g/mol. The van der Waals surface area contributed by atoms with E-state index in [0.29, 0.717) is 16.8 Å². The summed E-state index contributed by atoms with van der Waals surface area (Å²) in [5.74, 6) is -2.61. The molecule has 0 fully saturated rings. The standard InChI is InChI=1S/C27H17F5N2O/c28-23-12-9-18(15-24(23)29)21(17-7-10-20(11-8-17)27(30,31)32)4-2-6-26(35)34-25-5-1-3-19-16-33-14-13-22(19)25/h1-16H,(H,34,35). The fraction of sp³-hybridized carbons (Fsp3) is 0.0370. The first-order valence-corrected chi connectivity index (χ1v) is 10.4. The number of rotatable bonds is 5. The van der Waals surface area contributed by atoms with Crippen molar-refractivity contribution in [1.29, 1.82) is 0 Å². The summed E-state index contributed by atoms with van der Waals surface area (Å²) in [6, 6.07) is 14.6. The fourth-order valence-electron chi connectivity index (χ4n) is 3.50. The second-order valence-electron chi connectivity index (χ2n) is 7.54. The molecule has 4 rings (SSSR count). The zero-order valence-electron chi connectivity index (χ0n) is 18.0. The number of nitrogens with one attached hydrogen (secondary N) is 1. The van der Waals surface area contributed by atoms with Crippen molar-refractivity contribution >= 4 is 27.9 Å². The maximum absolute atomic E-state index is 13.9. The lowest BCUT2D eigenvalue weighted by Crippen LogP contribution is -2.08. The Labute approximate surface area is 197 Å². The van der Waals surface area contributed by atoms with Crippen LogP contribution in [0.3, 0.4) is 0 Å². The fourth-order valence-corrected chi connectivity index (χ4v) is 3.50. The molecule has 1 N–H and O–H groups in total. The van der Waals surface area contributed by atoms with Gasteiger partial charge in [-0.05, 0) is 53.1 Å². The summed E-state index contributed by atoms with van der Waals surface area (Å²) < 4.78 is 66.1. The Hall–Kier alpha value is -4.33. The third kappa shape index (κ3) is 5.60. The molecule has 0 spiro atoms. The first kappa shape index (κ1) is 23.8. The van der Waals surface area contributed by atoms with Crippen molar-refractivity contribution in [2.45, 2.75) is 6.18 Å². The molecule has 176 valence electrons. The van der Waals surface area contributed by atoms with Crippen LogP contribution in [0, 0.1) is 11.6 Å². The highest BCUT2D eigenvalue weighted by Crippen LogP contribution is 2.32. The van der Waals surface area contributed by atoms with Crippen LogP contribution in [-0.4, -0.2) is 10.9 Å². The second-order valence-corrected chi connectivity index (χ2v) is 7.54. The highest BCUT2D eigenvalue weighted by molar-refractivity contribution is 6.06. The van der Waals surface area contributed by atoms with Gasteiger partial charge in [-0.1, -0.05) is 42.5 Å². The molecule has 0 bridgehead atoms.